The molecule has 0 saturated carbocycles. The molecule has 0 aliphatic rings. The Hall–Kier alpha value is -6.58. The molecule has 0 saturated heterocycles. The molecule has 0 spiro atoms. The minimum Gasteiger partial charge on any atom is -0.309 e. The standard InChI is InChI=1S/C46H29N3/c1-3-15-31(16-4-1)47-37-22-11-9-20-34(37)44-39(47)24-13-25-40(44)49-38-23-12-10-21-35(38)45-42(49)29-27-36-43-33-19-8-7-14-30(33)26-28-41(43)48(46(36)45)32-17-5-2-6-18-32/h1-29H. The molecule has 11 rings (SSSR count). The summed E-state index contributed by atoms with van der Waals surface area (Å²) in [4.78, 5) is 0. The van der Waals surface area contributed by atoms with E-state index in [1.54, 1.807) is 0 Å². The number of hydrogen-bond donors (Lipinski definition) is 0. The molecular formula is C46H29N3. The normalized spacial score (nSPS) is 12.1. The van der Waals surface area contributed by atoms with Crippen LogP contribution in [0, 0.1) is 0 Å². The quantitative estimate of drug-likeness (QED) is 0.186. The summed E-state index contributed by atoms with van der Waals surface area (Å²) in [6.07, 6.45) is 0. The van der Waals surface area contributed by atoms with Gasteiger partial charge >= 0.3 is 0 Å². The molecule has 11 aromatic rings. The highest BCUT2D eigenvalue weighted by atomic mass is 15.0. The van der Waals surface area contributed by atoms with Crippen LogP contribution in [0.15, 0.2) is 176 Å². The lowest BCUT2D eigenvalue weighted by atomic mass is 10.0. The Bertz CT molecular complexity index is 3090. The zero-order chi connectivity index (χ0) is 32.1. The van der Waals surface area contributed by atoms with E-state index < -0.39 is 0 Å². The average Bonchev–Trinajstić information content (AvgIpc) is 3.81. The first-order valence-electron chi connectivity index (χ1n) is 16.9. The van der Waals surface area contributed by atoms with Crippen molar-refractivity contribution in [3.05, 3.63) is 176 Å². The van der Waals surface area contributed by atoms with Gasteiger partial charge in [0.1, 0.15) is 0 Å². The van der Waals surface area contributed by atoms with Gasteiger partial charge in [-0.1, -0.05) is 115 Å². The van der Waals surface area contributed by atoms with E-state index in [4.69, 9.17) is 0 Å². The third kappa shape index (κ3) is 3.56. The molecule has 3 nitrogen and oxygen atoms in total. The van der Waals surface area contributed by atoms with E-state index in [2.05, 4.69) is 190 Å². The van der Waals surface area contributed by atoms with Crippen LogP contribution in [0.25, 0.3) is 93.3 Å². The highest BCUT2D eigenvalue weighted by molar-refractivity contribution is 6.30. The van der Waals surface area contributed by atoms with Crippen molar-refractivity contribution in [2.24, 2.45) is 0 Å². The minimum absolute atomic E-state index is 1.16. The van der Waals surface area contributed by atoms with Crippen LogP contribution >= 0.6 is 0 Å². The number of rotatable bonds is 3. The van der Waals surface area contributed by atoms with Crippen LogP contribution in [-0.2, 0) is 0 Å². The Labute approximate surface area is 282 Å². The summed E-state index contributed by atoms with van der Waals surface area (Å²) in [5.41, 5.74) is 10.8. The van der Waals surface area contributed by atoms with Gasteiger partial charge in [-0.15, -0.1) is 0 Å². The molecule has 0 radical (unpaired) electrons. The predicted octanol–water partition coefficient (Wildman–Crippen LogP) is 12.1. The third-order valence-electron chi connectivity index (χ3n) is 10.4. The maximum atomic E-state index is 2.50. The van der Waals surface area contributed by atoms with Crippen LogP contribution in [-0.4, -0.2) is 13.7 Å². The van der Waals surface area contributed by atoms with E-state index in [1.807, 2.05) is 0 Å². The molecule has 228 valence electrons. The molecule has 0 aliphatic carbocycles. The summed E-state index contributed by atoms with van der Waals surface area (Å²) in [6, 6.07) is 64.1. The average molecular weight is 624 g/mol. The Morgan fingerprint density at radius 1 is 0.265 bits per heavy atom. The molecule has 0 atom stereocenters. The number of hydrogen-bond acceptors (Lipinski definition) is 0. The molecule has 0 aliphatic heterocycles. The third-order valence-corrected chi connectivity index (χ3v) is 10.4. The van der Waals surface area contributed by atoms with Gasteiger partial charge in [-0.05, 0) is 71.4 Å². The SMILES string of the molecule is c1ccc(-n2c3ccccc3c3c(-n4c5ccccc5c5c4ccc4c6c7ccccc7ccc6n(-c6ccccc6)c45)cccc32)cc1. The summed E-state index contributed by atoms with van der Waals surface area (Å²) in [5, 5.41) is 10.1. The molecule has 0 N–H and O–H groups in total. The maximum Gasteiger partial charge on any atom is 0.0641 e. The number of nitrogens with zero attached hydrogens (tertiary/aromatic N) is 3. The predicted molar refractivity (Wildman–Crippen MR) is 207 cm³/mol. The van der Waals surface area contributed by atoms with Crippen LogP contribution in [0.2, 0.25) is 0 Å². The van der Waals surface area contributed by atoms with Crippen molar-refractivity contribution in [3.8, 4) is 17.1 Å². The smallest absolute Gasteiger partial charge is 0.0641 e. The summed E-state index contributed by atoms with van der Waals surface area (Å²) >= 11 is 0. The first kappa shape index (κ1) is 26.5. The summed E-state index contributed by atoms with van der Waals surface area (Å²) in [6.45, 7) is 0. The van der Waals surface area contributed by atoms with Gasteiger partial charge in [0.25, 0.3) is 0 Å². The molecule has 8 aromatic carbocycles. The largest absolute Gasteiger partial charge is 0.309 e. The van der Waals surface area contributed by atoms with Crippen LogP contribution < -0.4 is 0 Å². The van der Waals surface area contributed by atoms with Gasteiger partial charge in [0, 0.05) is 43.7 Å². The fraction of sp³-hybridized carbons (Fsp3) is 0. The van der Waals surface area contributed by atoms with Gasteiger partial charge in [0.2, 0.25) is 0 Å². The number of aromatic nitrogens is 3. The number of benzene rings is 8. The molecule has 0 amide bonds. The van der Waals surface area contributed by atoms with Gasteiger partial charge in [-0.3, -0.25) is 0 Å². The van der Waals surface area contributed by atoms with Crippen LogP contribution in [0.3, 0.4) is 0 Å². The van der Waals surface area contributed by atoms with Crippen molar-refractivity contribution in [2.75, 3.05) is 0 Å². The molecule has 3 aromatic heterocycles. The summed E-state index contributed by atoms with van der Waals surface area (Å²) < 4.78 is 7.38. The second kappa shape index (κ2) is 9.96. The number of para-hydroxylation sites is 4. The lowest BCUT2D eigenvalue weighted by Crippen LogP contribution is -1.97. The maximum absolute atomic E-state index is 2.50. The van der Waals surface area contributed by atoms with Crippen LogP contribution in [0.1, 0.15) is 0 Å². The Morgan fingerprint density at radius 2 is 0.796 bits per heavy atom. The molecule has 0 bridgehead atoms. The molecule has 3 heterocycles. The molecule has 49 heavy (non-hydrogen) atoms. The van der Waals surface area contributed by atoms with Crippen molar-refractivity contribution in [3.63, 3.8) is 0 Å². The van der Waals surface area contributed by atoms with Crippen LogP contribution in [0.5, 0.6) is 0 Å². The second-order valence-electron chi connectivity index (χ2n) is 12.9. The van der Waals surface area contributed by atoms with Gasteiger partial charge in [-0.2, -0.15) is 0 Å². The van der Waals surface area contributed by atoms with Crippen molar-refractivity contribution in [1.82, 2.24) is 13.7 Å². The van der Waals surface area contributed by atoms with Crippen molar-refractivity contribution in [1.29, 1.82) is 0 Å². The van der Waals surface area contributed by atoms with Crippen molar-refractivity contribution >= 4 is 76.2 Å². The Morgan fingerprint density at radius 3 is 1.55 bits per heavy atom. The minimum atomic E-state index is 1.16. The van der Waals surface area contributed by atoms with E-state index >= 15 is 0 Å². The Balaban J connectivity index is 1.35. The monoisotopic (exact) mass is 623 g/mol. The van der Waals surface area contributed by atoms with E-state index in [9.17, 15) is 0 Å². The topological polar surface area (TPSA) is 14.8 Å². The van der Waals surface area contributed by atoms with Gasteiger partial charge in [0.15, 0.2) is 0 Å². The Kier molecular flexibility index (Phi) is 5.38. The highest BCUT2D eigenvalue weighted by Gasteiger charge is 2.23. The number of fused-ring (bicyclic) bond motifs is 12. The first-order chi connectivity index (χ1) is 24.4. The van der Waals surface area contributed by atoms with E-state index in [1.165, 1.54) is 81.9 Å². The fourth-order valence-electron chi connectivity index (χ4n) is 8.47. The second-order valence-corrected chi connectivity index (χ2v) is 12.9. The molecule has 3 heteroatoms. The summed E-state index contributed by atoms with van der Waals surface area (Å²) in [7, 11) is 0. The fourth-order valence-corrected chi connectivity index (χ4v) is 8.47. The molecular weight excluding hydrogens is 595 g/mol. The van der Waals surface area contributed by atoms with Crippen molar-refractivity contribution < 1.29 is 0 Å². The van der Waals surface area contributed by atoms with Gasteiger partial charge in [0.05, 0.1) is 38.8 Å². The van der Waals surface area contributed by atoms with Gasteiger partial charge < -0.3 is 13.7 Å². The van der Waals surface area contributed by atoms with E-state index in [-0.39, 0.29) is 0 Å². The van der Waals surface area contributed by atoms with E-state index in [0.29, 0.717) is 0 Å². The van der Waals surface area contributed by atoms with Crippen LogP contribution in [0.4, 0.5) is 0 Å². The first-order valence-corrected chi connectivity index (χ1v) is 16.9. The molecule has 0 fully saturated rings. The van der Waals surface area contributed by atoms with Crippen molar-refractivity contribution in [2.45, 2.75) is 0 Å². The highest BCUT2D eigenvalue weighted by Crippen LogP contribution is 2.45. The lowest BCUT2D eigenvalue weighted by Gasteiger charge is -2.12. The van der Waals surface area contributed by atoms with Gasteiger partial charge in [-0.25, -0.2) is 0 Å². The zero-order valence-corrected chi connectivity index (χ0v) is 26.6. The summed E-state index contributed by atoms with van der Waals surface area (Å²) in [5.74, 6) is 0. The van der Waals surface area contributed by atoms with E-state index in [0.717, 1.165) is 11.4 Å². The molecule has 0 unspecified atom stereocenters. The lowest BCUT2D eigenvalue weighted by molar-refractivity contribution is 1.17. The zero-order valence-electron chi connectivity index (χ0n) is 26.6.